The van der Waals surface area contributed by atoms with Gasteiger partial charge in [0.05, 0.1) is 4.92 Å². The van der Waals surface area contributed by atoms with E-state index in [0.717, 1.165) is 6.07 Å². The summed E-state index contributed by atoms with van der Waals surface area (Å²) < 4.78 is 39.6. The molecule has 0 spiro atoms. The minimum Gasteiger partial charge on any atom is -0.258 e. The predicted octanol–water partition coefficient (Wildman–Crippen LogP) is 2.41. The summed E-state index contributed by atoms with van der Waals surface area (Å²) >= 11 is 0. The molecule has 100 valence electrons. The van der Waals surface area contributed by atoms with Crippen LogP contribution in [0.3, 0.4) is 0 Å². The van der Waals surface area contributed by atoms with Crippen LogP contribution < -0.4 is 0 Å². The quantitative estimate of drug-likeness (QED) is 0.621. The van der Waals surface area contributed by atoms with Gasteiger partial charge in [0.1, 0.15) is 11.9 Å². The van der Waals surface area contributed by atoms with E-state index in [1.165, 1.54) is 17.1 Å². The molecule has 19 heavy (non-hydrogen) atoms. The summed E-state index contributed by atoms with van der Waals surface area (Å²) in [4.78, 5) is 13.3. The van der Waals surface area contributed by atoms with E-state index < -0.39 is 22.4 Å². The first-order chi connectivity index (χ1) is 8.79. The van der Waals surface area contributed by atoms with E-state index in [1.54, 1.807) is 7.05 Å². The zero-order chi connectivity index (χ0) is 14.2. The minimum absolute atomic E-state index is 0.0681. The van der Waals surface area contributed by atoms with Crippen LogP contribution in [-0.4, -0.2) is 19.7 Å². The van der Waals surface area contributed by atoms with E-state index in [0.29, 0.717) is 6.07 Å². The van der Waals surface area contributed by atoms with Crippen molar-refractivity contribution in [1.82, 2.24) is 14.8 Å². The van der Waals surface area contributed by atoms with E-state index >= 15 is 0 Å². The Bertz CT molecular complexity index is 636. The first kappa shape index (κ1) is 13.0. The molecule has 2 aromatic rings. The van der Waals surface area contributed by atoms with Crippen molar-refractivity contribution in [2.45, 2.75) is 6.18 Å². The lowest BCUT2D eigenvalue weighted by Gasteiger charge is -2.08. The highest BCUT2D eigenvalue weighted by molar-refractivity contribution is 5.60. The lowest BCUT2D eigenvalue weighted by atomic mass is 10.1. The number of nitro groups is 1. The van der Waals surface area contributed by atoms with Crippen LogP contribution >= 0.6 is 0 Å². The fraction of sp³-hybridized carbons (Fsp3) is 0.200. The molecule has 0 fully saturated rings. The summed E-state index contributed by atoms with van der Waals surface area (Å²) in [6.45, 7) is 0. The molecule has 6 nitrogen and oxygen atoms in total. The van der Waals surface area contributed by atoms with Crippen molar-refractivity contribution in [3.63, 3.8) is 0 Å². The number of hydrogen-bond donors (Lipinski definition) is 0. The summed E-state index contributed by atoms with van der Waals surface area (Å²) in [6, 6.07) is 2.66. The maximum atomic E-state index is 12.8. The Morgan fingerprint density at radius 2 is 2.05 bits per heavy atom. The molecule has 1 aromatic heterocycles. The molecule has 9 heteroatoms. The van der Waals surface area contributed by atoms with Crippen molar-refractivity contribution in [2.75, 3.05) is 0 Å². The fourth-order valence-corrected chi connectivity index (χ4v) is 1.53. The number of hydrogen-bond acceptors (Lipinski definition) is 4. The summed E-state index contributed by atoms with van der Waals surface area (Å²) in [5.41, 5.74) is -2.24. The fourth-order valence-electron chi connectivity index (χ4n) is 1.53. The van der Waals surface area contributed by atoms with Gasteiger partial charge in [0.25, 0.3) is 5.69 Å². The van der Waals surface area contributed by atoms with E-state index in [1.807, 2.05) is 0 Å². The van der Waals surface area contributed by atoms with Gasteiger partial charge in [-0.2, -0.15) is 18.3 Å². The largest absolute Gasteiger partial charge is 0.423 e. The van der Waals surface area contributed by atoms with Crippen molar-refractivity contribution in [2.24, 2.45) is 7.05 Å². The molecule has 0 aliphatic heterocycles. The van der Waals surface area contributed by atoms with Crippen molar-refractivity contribution >= 4 is 5.69 Å². The Hall–Kier alpha value is -2.45. The zero-order valence-electron chi connectivity index (χ0n) is 9.55. The Balaban J connectivity index is 2.59. The lowest BCUT2D eigenvalue weighted by Crippen LogP contribution is -2.09. The van der Waals surface area contributed by atoms with Crippen LogP contribution in [0.2, 0.25) is 0 Å². The first-order valence-electron chi connectivity index (χ1n) is 5.00. The maximum absolute atomic E-state index is 12.8. The smallest absolute Gasteiger partial charge is 0.258 e. The van der Waals surface area contributed by atoms with E-state index in [2.05, 4.69) is 10.1 Å². The van der Waals surface area contributed by atoms with Gasteiger partial charge in [0.15, 0.2) is 5.82 Å². The average molecular weight is 272 g/mol. The Labute approximate surface area is 104 Å². The Morgan fingerprint density at radius 3 is 2.53 bits per heavy atom. The van der Waals surface area contributed by atoms with Gasteiger partial charge in [0, 0.05) is 18.7 Å². The number of nitrogens with zero attached hydrogens (tertiary/aromatic N) is 4. The van der Waals surface area contributed by atoms with Gasteiger partial charge in [-0.3, -0.25) is 14.8 Å². The van der Waals surface area contributed by atoms with Crippen molar-refractivity contribution in [3.8, 4) is 11.4 Å². The van der Waals surface area contributed by atoms with Crippen LogP contribution in [0.1, 0.15) is 5.56 Å². The van der Waals surface area contributed by atoms with E-state index in [4.69, 9.17) is 0 Å². The molecule has 1 heterocycles. The zero-order valence-corrected chi connectivity index (χ0v) is 9.55. The molecule has 0 saturated carbocycles. The monoisotopic (exact) mass is 272 g/mol. The van der Waals surface area contributed by atoms with Gasteiger partial charge >= 0.3 is 6.18 Å². The number of rotatable bonds is 2. The molecule has 0 saturated heterocycles. The summed E-state index contributed by atoms with van der Waals surface area (Å²) in [5.74, 6) is 0.0721. The molecule has 0 N–H and O–H groups in total. The summed E-state index contributed by atoms with van der Waals surface area (Å²) in [5, 5.41) is 14.4. The van der Waals surface area contributed by atoms with Crippen LogP contribution in [0, 0.1) is 10.1 Å². The molecule has 0 aliphatic rings. The van der Waals surface area contributed by atoms with Crippen LogP contribution in [0.25, 0.3) is 11.4 Å². The number of benzene rings is 1. The molecular formula is C10H7F3N4O2. The molecule has 2 rings (SSSR count). The average Bonchev–Trinajstić information content (AvgIpc) is 2.74. The van der Waals surface area contributed by atoms with Gasteiger partial charge in [-0.1, -0.05) is 0 Å². The number of nitro benzene ring substituents is 1. The predicted molar refractivity (Wildman–Crippen MR) is 58.1 cm³/mol. The van der Waals surface area contributed by atoms with Crippen LogP contribution in [-0.2, 0) is 13.2 Å². The molecule has 1 aromatic carbocycles. The van der Waals surface area contributed by atoms with E-state index in [-0.39, 0.29) is 11.4 Å². The van der Waals surface area contributed by atoms with Crippen molar-refractivity contribution in [3.05, 3.63) is 40.2 Å². The third kappa shape index (κ3) is 2.54. The molecule has 0 unspecified atom stereocenters. The molecule has 0 radical (unpaired) electrons. The maximum Gasteiger partial charge on any atom is 0.423 e. The van der Waals surface area contributed by atoms with Gasteiger partial charge < -0.3 is 0 Å². The van der Waals surface area contributed by atoms with Crippen molar-refractivity contribution < 1.29 is 18.1 Å². The Kier molecular flexibility index (Phi) is 2.97. The van der Waals surface area contributed by atoms with Crippen LogP contribution in [0.5, 0.6) is 0 Å². The molecule has 0 atom stereocenters. The lowest BCUT2D eigenvalue weighted by molar-refractivity contribution is -0.388. The van der Waals surface area contributed by atoms with Gasteiger partial charge in [0.2, 0.25) is 0 Å². The normalized spacial score (nSPS) is 11.6. The highest BCUT2D eigenvalue weighted by atomic mass is 19.4. The second kappa shape index (κ2) is 4.34. The second-order valence-corrected chi connectivity index (χ2v) is 3.73. The topological polar surface area (TPSA) is 73.8 Å². The Morgan fingerprint density at radius 1 is 1.37 bits per heavy atom. The SMILES string of the molecule is Cn1cnc(-c2ccc([N+](=O)[O-])c(C(F)(F)F)c2)n1. The van der Waals surface area contributed by atoms with Gasteiger partial charge in [-0.25, -0.2) is 4.98 Å². The minimum atomic E-state index is -4.81. The highest BCUT2D eigenvalue weighted by Crippen LogP contribution is 2.37. The van der Waals surface area contributed by atoms with Gasteiger partial charge in [-0.05, 0) is 12.1 Å². The van der Waals surface area contributed by atoms with E-state index in [9.17, 15) is 23.3 Å². The molecule has 0 amide bonds. The third-order valence-corrected chi connectivity index (χ3v) is 2.36. The molecular weight excluding hydrogens is 265 g/mol. The molecule has 0 bridgehead atoms. The number of aryl methyl sites for hydroxylation is 1. The highest BCUT2D eigenvalue weighted by Gasteiger charge is 2.38. The summed E-state index contributed by atoms with van der Waals surface area (Å²) in [7, 11) is 1.56. The number of alkyl halides is 3. The summed E-state index contributed by atoms with van der Waals surface area (Å²) in [6.07, 6.45) is -3.49. The third-order valence-electron chi connectivity index (χ3n) is 2.36. The van der Waals surface area contributed by atoms with Crippen LogP contribution in [0.15, 0.2) is 24.5 Å². The number of halogens is 3. The number of aromatic nitrogens is 3. The second-order valence-electron chi connectivity index (χ2n) is 3.73. The molecule has 0 aliphatic carbocycles. The van der Waals surface area contributed by atoms with Crippen LogP contribution in [0.4, 0.5) is 18.9 Å². The van der Waals surface area contributed by atoms with Gasteiger partial charge in [-0.15, -0.1) is 0 Å². The van der Waals surface area contributed by atoms with Crippen molar-refractivity contribution in [1.29, 1.82) is 0 Å². The standard InChI is InChI=1S/C10H7F3N4O2/c1-16-5-14-9(15-16)6-2-3-8(17(18)19)7(4-6)10(11,12)13/h2-5H,1H3. The first-order valence-corrected chi connectivity index (χ1v) is 5.00.